The molecule has 1 aliphatic heterocycles. The zero-order valence-corrected chi connectivity index (χ0v) is 11.7. The summed E-state index contributed by atoms with van der Waals surface area (Å²) < 4.78 is 13.3. The van der Waals surface area contributed by atoms with E-state index in [-0.39, 0.29) is 43.7 Å². The number of benzene rings is 1. The van der Waals surface area contributed by atoms with Gasteiger partial charge in [-0.2, -0.15) is 0 Å². The molecule has 0 aliphatic carbocycles. The van der Waals surface area contributed by atoms with E-state index < -0.39 is 5.82 Å². The summed E-state index contributed by atoms with van der Waals surface area (Å²) in [5.74, 6) is 4.33. The first-order valence-electron chi connectivity index (χ1n) is 6.75. The van der Waals surface area contributed by atoms with Gasteiger partial charge in [-0.3, -0.25) is 14.5 Å². The van der Waals surface area contributed by atoms with E-state index in [9.17, 15) is 14.0 Å². The zero-order chi connectivity index (χ0) is 15.4. The molecule has 0 spiro atoms. The second-order valence-corrected chi connectivity index (χ2v) is 5.00. The molecule has 21 heavy (non-hydrogen) atoms. The predicted molar refractivity (Wildman–Crippen MR) is 74.3 cm³/mol. The highest BCUT2D eigenvalue weighted by Gasteiger charge is 2.35. The molecule has 110 valence electrons. The number of amides is 2. The summed E-state index contributed by atoms with van der Waals surface area (Å²) in [5.41, 5.74) is 1.06. The number of likely N-dealkylation sites (tertiary alicyclic amines) is 1. The third kappa shape index (κ3) is 3.47. The van der Waals surface area contributed by atoms with Crippen LogP contribution in [0.3, 0.4) is 0 Å². The molecule has 1 N–H and O–H groups in total. The van der Waals surface area contributed by atoms with Crippen molar-refractivity contribution in [3.63, 3.8) is 0 Å². The lowest BCUT2D eigenvalue weighted by Crippen LogP contribution is -2.30. The number of imide groups is 1. The van der Waals surface area contributed by atoms with Crippen molar-refractivity contribution >= 4 is 11.8 Å². The van der Waals surface area contributed by atoms with E-state index in [2.05, 4.69) is 11.8 Å². The van der Waals surface area contributed by atoms with Crippen LogP contribution in [0.25, 0.3) is 0 Å². The Morgan fingerprint density at radius 1 is 1.43 bits per heavy atom. The van der Waals surface area contributed by atoms with Crippen LogP contribution < -0.4 is 0 Å². The Balaban J connectivity index is 2.26. The molecule has 1 heterocycles. The van der Waals surface area contributed by atoms with Crippen molar-refractivity contribution in [3.05, 3.63) is 35.1 Å². The van der Waals surface area contributed by atoms with Crippen molar-refractivity contribution in [2.24, 2.45) is 5.92 Å². The molecule has 4 nitrogen and oxygen atoms in total. The van der Waals surface area contributed by atoms with Gasteiger partial charge in [0, 0.05) is 24.3 Å². The van der Waals surface area contributed by atoms with Gasteiger partial charge in [0.05, 0.1) is 13.2 Å². The van der Waals surface area contributed by atoms with Crippen LogP contribution in [-0.2, 0) is 16.1 Å². The van der Waals surface area contributed by atoms with Gasteiger partial charge in [-0.25, -0.2) is 4.39 Å². The fraction of sp³-hybridized carbons (Fsp3) is 0.375. The molecule has 0 radical (unpaired) electrons. The molecular formula is C16H16FNO3. The summed E-state index contributed by atoms with van der Waals surface area (Å²) in [4.78, 5) is 24.9. The lowest BCUT2D eigenvalue weighted by molar-refractivity contribution is -0.139. The summed E-state index contributed by atoms with van der Waals surface area (Å²) in [6.45, 7) is 1.75. The first kappa shape index (κ1) is 15.2. The Bertz CT molecular complexity index is 630. The smallest absolute Gasteiger partial charge is 0.232 e. The maximum absolute atomic E-state index is 13.3. The Hall–Kier alpha value is -2.19. The lowest BCUT2D eigenvalue weighted by Gasteiger charge is -2.15. The summed E-state index contributed by atoms with van der Waals surface area (Å²) >= 11 is 0. The number of aliphatic hydroxyl groups is 1. The number of rotatable bonds is 3. The van der Waals surface area contributed by atoms with Crippen LogP contribution in [0.2, 0.25) is 0 Å². The van der Waals surface area contributed by atoms with E-state index in [1.54, 1.807) is 6.92 Å². The van der Waals surface area contributed by atoms with Gasteiger partial charge < -0.3 is 5.11 Å². The van der Waals surface area contributed by atoms with E-state index in [0.29, 0.717) is 11.1 Å². The van der Waals surface area contributed by atoms with Crippen molar-refractivity contribution in [2.45, 2.75) is 26.3 Å². The highest BCUT2D eigenvalue weighted by atomic mass is 19.1. The number of halogens is 1. The highest BCUT2D eigenvalue weighted by Crippen LogP contribution is 2.22. The largest absolute Gasteiger partial charge is 0.395 e. The van der Waals surface area contributed by atoms with Crippen molar-refractivity contribution in [1.29, 1.82) is 0 Å². The number of carbonyl (C=O) groups excluding carboxylic acids is 2. The zero-order valence-electron chi connectivity index (χ0n) is 11.7. The first-order chi connectivity index (χ1) is 10.0. The molecule has 0 saturated carbocycles. The number of nitrogens with zero attached hydrogens (tertiary/aromatic N) is 1. The summed E-state index contributed by atoms with van der Waals surface area (Å²) in [6, 6.07) is 4.08. The third-order valence-corrected chi connectivity index (χ3v) is 3.33. The molecule has 2 rings (SSSR count). The van der Waals surface area contributed by atoms with Gasteiger partial charge in [0.15, 0.2) is 0 Å². The van der Waals surface area contributed by atoms with Crippen LogP contribution >= 0.6 is 0 Å². The number of aliphatic hydroxyl groups excluding tert-OH is 1. The molecule has 5 heteroatoms. The Morgan fingerprint density at radius 2 is 2.19 bits per heavy atom. The monoisotopic (exact) mass is 289 g/mol. The standard InChI is InChI=1S/C16H16FNO3/c1-11-8-15(20)18(16(11)21)10-13-5-6-14(17)9-12(13)4-2-3-7-19/h5-6,9,11,19H,3,7-8,10H2,1H3. The van der Waals surface area contributed by atoms with Crippen LogP contribution in [0.1, 0.15) is 30.9 Å². The van der Waals surface area contributed by atoms with Gasteiger partial charge >= 0.3 is 0 Å². The molecule has 1 fully saturated rings. The van der Waals surface area contributed by atoms with E-state index in [4.69, 9.17) is 5.11 Å². The molecule has 1 aliphatic rings. The van der Waals surface area contributed by atoms with Gasteiger partial charge in [-0.1, -0.05) is 24.8 Å². The average Bonchev–Trinajstić information content (AvgIpc) is 2.68. The minimum atomic E-state index is -0.431. The normalized spacial score (nSPS) is 17.9. The van der Waals surface area contributed by atoms with Crippen molar-refractivity contribution in [3.8, 4) is 11.8 Å². The van der Waals surface area contributed by atoms with E-state index in [0.717, 1.165) is 0 Å². The average molecular weight is 289 g/mol. The summed E-state index contributed by atoms with van der Waals surface area (Å²) in [6.07, 6.45) is 0.500. The number of hydrogen-bond acceptors (Lipinski definition) is 3. The molecule has 1 unspecified atom stereocenters. The van der Waals surface area contributed by atoms with E-state index >= 15 is 0 Å². The Kier molecular flexibility index (Phi) is 4.71. The predicted octanol–water partition coefficient (Wildman–Crippen LogP) is 1.45. The minimum absolute atomic E-state index is 0.0712. The SMILES string of the molecule is CC1CC(=O)N(Cc2ccc(F)cc2C#CCCO)C1=O. The Labute approximate surface area is 122 Å². The quantitative estimate of drug-likeness (QED) is 0.677. The summed E-state index contributed by atoms with van der Waals surface area (Å²) in [5, 5.41) is 8.72. The topological polar surface area (TPSA) is 57.6 Å². The van der Waals surface area contributed by atoms with Crippen LogP contribution in [0, 0.1) is 23.6 Å². The highest BCUT2D eigenvalue weighted by molar-refractivity contribution is 6.03. The molecule has 0 bridgehead atoms. The van der Waals surface area contributed by atoms with Gasteiger partial charge in [-0.15, -0.1) is 0 Å². The van der Waals surface area contributed by atoms with Gasteiger partial charge in [-0.05, 0) is 17.7 Å². The van der Waals surface area contributed by atoms with Crippen molar-refractivity contribution in [2.75, 3.05) is 6.61 Å². The van der Waals surface area contributed by atoms with Gasteiger partial charge in [0.2, 0.25) is 11.8 Å². The molecule has 1 aromatic carbocycles. The first-order valence-corrected chi connectivity index (χ1v) is 6.75. The molecule has 1 aromatic rings. The number of hydrogen-bond donors (Lipinski definition) is 1. The fourth-order valence-corrected chi connectivity index (χ4v) is 2.20. The van der Waals surface area contributed by atoms with Gasteiger partial charge in [0.25, 0.3) is 0 Å². The maximum atomic E-state index is 13.3. The van der Waals surface area contributed by atoms with Crippen LogP contribution in [0.4, 0.5) is 4.39 Å². The van der Waals surface area contributed by atoms with Crippen molar-refractivity contribution < 1.29 is 19.1 Å². The molecule has 1 saturated heterocycles. The molecule has 0 aromatic heterocycles. The maximum Gasteiger partial charge on any atom is 0.232 e. The third-order valence-electron chi connectivity index (χ3n) is 3.33. The lowest BCUT2D eigenvalue weighted by atomic mass is 10.1. The van der Waals surface area contributed by atoms with Crippen LogP contribution in [0.15, 0.2) is 18.2 Å². The minimum Gasteiger partial charge on any atom is -0.395 e. The van der Waals surface area contributed by atoms with Gasteiger partial charge in [0.1, 0.15) is 5.82 Å². The van der Waals surface area contributed by atoms with E-state index in [1.807, 2.05) is 0 Å². The fourth-order valence-electron chi connectivity index (χ4n) is 2.20. The second-order valence-electron chi connectivity index (χ2n) is 5.00. The molecule has 1 atom stereocenters. The van der Waals surface area contributed by atoms with Crippen molar-refractivity contribution in [1.82, 2.24) is 4.90 Å². The Morgan fingerprint density at radius 3 is 2.81 bits per heavy atom. The van der Waals surface area contributed by atoms with Crippen LogP contribution in [-0.4, -0.2) is 28.4 Å². The van der Waals surface area contributed by atoms with E-state index in [1.165, 1.54) is 23.1 Å². The molecular weight excluding hydrogens is 273 g/mol. The molecule has 2 amide bonds. The van der Waals surface area contributed by atoms with Crippen LogP contribution in [0.5, 0.6) is 0 Å². The second kappa shape index (κ2) is 6.51. The summed E-state index contributed by atoms with van der Waals surface area (Å²) in [7, 11) is 0. The number of carbonyl (C=O) groups is 2.